The number of sulfonamides is 1. The zero-order valence-corrected chi connectivity index (χ0v) is 25.5. The Bertz CT molecular complexity index is 1650. The second-order valence-electron chi connectivity index (χ2n) is 9.68. The van der Waals surface area contributed by atoms with Crippen LogP contribution < -0.4 is 0 Å². The second-order valence-corrected chi connectivity index (χ2v) is 13.4. The Morgan fingerprint density at radius 3 is 2.23 bits per heavy atom. The van der Waals surface area contributed by atoms with Crippen LogP contribution in [-0.4, -0.2) is 59.2 Å². The monoisotopic (exact) mass is 691 g/mol. The number of benzene rings is 2. The molecule has 1 N–H and O–H groups in total. The maximum absolute atomic E-state index is 13.9. The lowest BCUT2D eigenvalue weighted by Gasteiger charge is -2.30. The molecule has 1 heterocycles. The summed E-state index contributed by atoms with van der Waals surface area (Å²) in [5.41, 5.74) is 2.23. The minimum Gasteiger partial charge on any atom is -0.389 e. The predicted molar refractivity (Wildman–Crippen MR) is 162 cm³/mol. The zero-order valence-electron chi connectivity index (χ0n) is 21.5. The number of nitrogens with zero attached hydrogens (tertiary/aromatic N) is 3. The van der Waals surface area contributed by atoms with E-state index >= 15 is 0 Å². The van der Waals surface area contributed by atoms with Crippen molar-refractivity contribution in [2.45, 2.75) is 37.6 Å². The van der Waals surface area contributed by atoms with Gasteiger partial charge in [-0.1, -0.05) is 50.1 Å². The van der Waals surface area contributed by atoms with E-state index in [0.717, 1.165) is 30.8 Å². The van der Waals surface area contributed by atoms with Crippen LogP contribution in [0.5, 0.6) is 0 Å². The van der Waals surface area contributed by atoms with Crippen LogP contribution in [0.2, 0.25) is 0 Å². The Balaban J connectivity index is 1.49. The molecule has 3 unspecified atom stereocenters. The fourth-order valence-corrected chi connectivity index (χ4v) is 7.38. The Hall–Kier alpha value is -2.77. The van der Waals surface area contributed by atoms with Crippen molar-refractivity contribution in [2.24, 2.45) is 0 Å². The van der Waals surface area contributed by atoms with Crippen molar-refractivity contribution in [2.75, 3.05) is 13.7 Å². The molecule has 0 aliphatic heterocycles. The average Bonchev–Trinajstić information content (AvgIpc) is 3.23. The molecule has 0 saturated heterocycles. The van der Waals surface area contributed by atoms with Crippen molar-refractivity contribution >= 4 is 63.7 Å². The lowest BCUT2D eigenvalue weighted by Crippen LogP contribution is -2.39. The van der Waals surface area contributed by atoms with E-state index in [1.807, 2.05) is 41.0 Å². The van der Waals surface area contributed by atoms with Gasteiger partial charge in [0.2, 0.25) is 6.04 Å². The minimum absolute atomic E-state index is 0.0262. The maximum Gasteiger partial charge on any atom is 0.264 e. The van der Waals surface area contributed by atoms with Crippen LogP contribution in [0.3, 0.4) is 0 Å². The van der Waals surface area contributed by atoms with Crippen LogP contribution in [0.25, 0.3) is 21.8 Å². The highest BCUT2D eigenvalue weighted by Gasteiger charge is 2.32. The molecule has 12 heteroatoms. The van der Waals surface area contributed by atoms with Crippen LogP contribution in [0.1, 0.15) is 12.8 Å². The Kier molecular flexibility index (Phi) is 8.35. The van der Waals surface area contributed by atoms with Crippen LogP contribution >= 0.6 is 31.9 Å². The van der Waals surface area contributed by atoms with Gasteiger partial charge >= 0.3 is 0 Å². The van der Waals surface area contributed by atoms with E-state index in [1.165, 1.54) is 22.5 Å². The summed E-state index contributed by atoms with van der Waals surface area (Å²) in [5, 5.41) is 24.5. The third-order valence-corrected chi connectivity index (χ3v) is 9.92. The highest BCUT2D eigenvalue weighted by molar-refractivity contribution is 9.10. The number of hydrogen-bond acceptors (Lipinski definition) is 6. The molecular weight excluding hydrogens is 666 g/mol. The van der Waals surface area contributed by atoms with Crippen molar-refractivity contribution in [3.05, 3.63) is 103 Å². The Labute approximate surface area is 248 Å². The number of nitro groups is 1. The van der Waals surface area contributed by atoms with Gasteiger partial charge in [0.15, 0.2) is 0 Å². The Morgan fingerprint density at radius 2 is 1.73 bits per heavy atom. The smallest absolute Gasteiger partial charge is 0.264 e. The number of hydrogen-bond donors (Lipinski definition) is 1. The molecule has 2 aromatic carbocycles. The summed E-state index contributed by atoms with van der Waals surface area (Å²) in [6.07, 6.45) is 8.35. The topological polar surface area (TPSA) is 115 Å². The number of rotatable bonds is 9. The first-order chi connectivity index (χ1) is 19.1. The van der Waals surface area contributed by atoms with Gasteiger partial charge in [0.05, 0.1) is 30.2 Å². The van der Waals surface area contributed by atoms with E-state index in [2.05, 4.69) is 31.9 Å². The lowest BCUT2D eigenvalue weighted by molar-refractivity contribution is -0.508. The first kappa shape index (κ1) is 28.7. The van der Waals surface area contributed by atoms with Crippen LogP contribution in [0.15, 0.2) is 92.4 Å². The minimum atomic E-state index is -4.12. The third-order valence-electron chi connectivity index (χ3n) is 7.09. The van der Waals surface area contributed by atoms with E-state index in [4.69, 9.17) is 4.74 Å². The van der Waals surface area contributed by atoms with Gasteiger partial charge < -0.3 is 14.4 Å². The van der Waals surface area contributed by atoms with E-state index in [9.17, 15) is 23.6 Å². The molecular formula is C28H27Br2N3O6S. The number of allylic oxidation sites excluding steroid dienone is 2. The lowest BCUT2D eigenvalue weighted by atomic mass is 10.1. The Morgan fingerprint density at radius 1 is 1.07 bits per heavy atom. The molecule has 9 nitrogen and oxygen atoms in total. The van der Waals surface area contributed by atoms with Crippen LogP contribution in [0.4, 0.5) is 0 Å². The molecule has 40 heavy (non-hydrogen) atoms. The zero-order chi connectivity index (χ0) is 28.6. The van der Waals surface area contributed by atoms with Crippen molar-refractivity contribution in [1.29, 1.82) is 0 Å². The number of aliphatic hydroxyl groups excluding tert-OH is 1. The van der Waals surface area contributed by atoms with Gasteiger partial charge in [0.1, 0.15) is 0 Å². The van der Waals surface area contributed by atoms with Crippen molar-refractivity contribution in [1.82, 2.24) is 8.87 Å². The van der Waals surface area contributed by atoms with Gasteiger partial charge in [-0.05, 0) is 61.0 Å². The highest BCUT2D eigenvalue weighted by atomic mass is 79.9. The number of methoxy groups -OCH3 is 1. The van der Waals surface area contributed by atoms with Crippen LogP contribution in [-0.2, 0) is 21.3 Å². The number of halogens is 2. The number of aromatic nitrogens is 1. The van der Waals surface area contributed by atoms with Gasteiger partial charge in [-0.25, -0.2) is 8.42 Å². The van der Waals surface area contributed by atoms with Crippen molar-refractivity contribution in [3.8, 4) is 0 Å². The predicted octanol–water partition coefficient (Wildman–Crippen LogP) is 5.66. The van der Waals surface area contributed by atoms with Gasteiger partial charge in [-0.3, -0.25) is 14.4 Å². The molecule has 210 valence electrons. The summed E-state index contributed by atoms with van der Waals surface area (Å²) in [6, 6.07) is 10.9. The SMILES string of the molecule is COC1C=CC(N(CC(O)Cn2c3ccc(Br)cc3c3cc(Br)ccc32)S(=O)(=O)C2=CCC([N+](=O)[O-])C=C2)=CC1. The molecule has 2 aliphatic rings. The number of ether oxygens (including phenoxy) is 1. The average molecular weight is 693 g/mol. The molecule has 3 atom stereocenters. The first-order valence-corrected chi connectivity index (χ1v) is 15.6. The van der Waals surface area contributed by atoms with Gasteiger partial charge in [0, 0.05) is 54.9 Å². The summed E-state index contributed by atoms with van der Waals surface area (Å²) in [7, 11) is -2.54. The van der Waals surface area contributed by atoms with E-state index in [0.29, 0.717) is 12.1 Å². The van der Waals surface area contributed by atoms with Gasteiger partial charge in [-0.2, -0.15) is 0 Å². The molecule has 0 spiro atoms. The molecule has 3 aromatic rings. The van der Waals surface area contributed by atoms with Gasteiger partial charge in [0.25, 0.3) is 10.0 Å². The van der Waals surface area contributed by atoms with Crippen molar-refractivity contribution < 1.29 is 23.2 Å². The maximum atomic E-state index is 13.9. The van der Waals surface area contributed by atoms with E-state index in [1.54, 1.807) is 25.3 Å². The largest absolute Gasteiger partial charge is 0.389 e. The normalized spacial score (nSPS) is 20.0. The van der Waals surface area contributed by atoms with Crippen LogP contribution in [0, 0.1) is 10.1 Å². The first-order valence-electron chi connectivity index (χ1n) is 12.6. The van der Waals surface area contributed by atoms with E-state index in [-0.39, 0.29) is 30.5 Å². The molecule has 0 bridgehead atoms. The summed E-state index contributed by atoms with van der Waals surface area (Å²) in [6.45, 7) is -0.0700. The fraction of sp³-hybridized carbons (Fsp3) is 0.286. The molecule has 0 radical (unpaired) electrons. The quantitative estimate of drug-likeness (QED) is 0.229. The number of aliphatic hydroxyl groups is 1. The fourth-order valence-electron chi connectivity index (χ4n) is 5.06. The van der Waals surface area contributed by atoms with Gasteiger partial charge in [-0.15, -0.1) is 0 Å². The molecule has 1 aromatic heterocycles. The standard InChI is InChI=1S/C28H27Br2N3O6S/c1-39-23-8-4-20(5-9-23)32(40(37,38)24-10-6-21(7-11-24)33(35)36)17-22(34)16-31-27-12-2-18(29)14-25(27)26-15-19(30)3-13-28(26)31/h2-6,8,10-15,21-23,34H,7,9,16-17H2,1H3. The second kappa shape index (κ2) is 11.6. The third kappa shape index (κ3) is 5.68. The summed E-state index contributed by atoms with van der Waals surface area (Å²) >= 11 is 7.08. The molecule has 0 fully saturated rings. The molecule has 5 rings (SSSR count). The molecule has 0 amide bonds. The van der Waals surface area contributed by atoms with E-state index < -0.39 is 27.1 Å². The molecule has 2 aliphatic carbocycles. The summed E-state index contributed by atoms with van der Waals surface area (Å²) in [5.74, 6) is 0. The molecule has 0 saturated carbocycles. The summed E-state index contributed by atoms with van der Waals surface area (Å²) < 4.78 is 38.1. The highest BCUT2D eigenvalue weighted by Crippen LogP contribution is 2.34. The summed E-state index contributed by atoms with van der Waals surface area (Å²) in [4.78, 5) is 10.7. The number of fused-ring (bicyclic) bond motifs is 3. The van der Waals surface area contributed by atoms with Crippen molar-refractivity contribution in [3.63, 3.8) is 0 Å².